The van der Waals surface area contributed by atoms with Gasteiger partial charge < -0.3 is 5.73 Å². The number of nitrogens with zero attached hydrogens (tertiary/aromatic N) is 3. The summed E-state index contributed by atoms with van der Waals surface area (Å²) in [6.45, 7) is 1.83. The van der Waals surface area contributed by atoms with Crippen molar-refractivity contribution in [2.75, 3.05) is 13.1 Å². The monoisotopic (exact) mass is 374 g/mol. The van der Waals surface area contributed by atoms with Crippen LogP contribution < -0.4 is 5.73 Å². The third-order valence-corrected chi connectivity index (χ3v) is 5.92. The van der Waals surface area contributed by atoms with Crippen molar-refractivity contribution in [2.45, 2.75) is 44.1 Å². The first kappa shape index (κ1) is 15.2. The number of halogens is 1. The molecule has 1 aliphatic carbocycles. The third-order valence-electron chi connectivity index (χ3n) is 5.43. The molecule has 1 aromatic carbocycles. The van der Waals surface area contributed by atoms with Crippen LogP contribution in [0, 0.1) is 5.92 Å². The molecule has 0 spiro atoms. The van der Waals surface area contributed by atoms with Crippen LogP contribution in [0.25, 0.3) is 0 Å². The normalized spacial score (nSPS) is 28.3. The highest BCUT2D eigenvalue weighted by atomic mass is 79.9. The number of amidine groups is 1. The van der Waals surface area contributed by atoms with Gasteiger partial charge in [-0.05, 0) is 42.9 Å². The molecule has 1 unspecified atom stereocenters. The molecular weight excluding hydrogens is 352 g/mol. The minimum absolute atomic E-state index is 0.380. The maximum absolute atomic E-state index is 6.33. The van der Waals surface area contributed by atoms with E-state index in [0.717, 1.165) is 29.8 Å². The van der Waals surface area contributed by atoms with Crippen molar-refractivity contribution < 1.29 is 0 Å². The molecule has 4 nitrogen and oxygen atoms in total. The Morgan fingerprint density at radius 2 is 2.00 bits per heavy atom. The summed E-state index contributed by atoms with van der Waals surface area (Å²) in [5, 5.41) is 0. The Kier molecular flexibility index (Phi) is 3.92. The lowest BCUT2D eigenvalue weighted by Crippen LogP contribution is -2.49. The summed E-state index contributed by atoms with van der Waals surface area (Å²) >= 11 is 3.63. The Morgan fingerprint density at radius 1 is 1.17 bits per heavy atom. The van der Waals surface area contributed by atoms with Crippen LogP contribution in [0.3, 0.4) is 0 Å². The second-order valence-corrected chi connectivity index (χ2v) is 7.71. The average Bonchev–Trinajstić information content (AvgIpc) is 2.90. The van der Waals surface area contributed by atoms with Crippen molar-refractivity contribution in [1.29, 1.82) is 0 Å². The molecule has 23 heavy (non-hydrogen) atoms. The van der Waals surface area contributed by atoms with Crippen LogP contribution in [0.5, 0.6) is 0 Å². The van der Waals surface area contributed by atoms with Crippen LogP contribution in [-0.4, -0.2) is 29.8 Å². The summed E-state index contributed by atoms with van der Waals surface area (Å²) < 4.78 is 1.09. The van der Waals surface area contributed by atoms with E-state index in [1.165, 1.54) is 37.7 Å². The summed E-state index contributed by atoms with van der Waals surface area (Å²) in [5.74, 6) is 2.23. The van der Waals surface area contributed by atoms with Crippen LogP contribution >= 0.6 is 15.9 Å². The molecule has 2 aliphatic heterocycles. The van der Waals surface area contributed by atoms with Gasteiger partial charge in [-0.25, -0.2) is 4.99 Å². The topological polar surface area (TPSA) is 54.0 Å². The van der Waals surface area contributed by atoms with E-state index < -0.39 is 0 Å². The Morgan fingerprint density at radius 3 is 2.78 bits per heavy atom. The molecular formula is C18H23BrN4. The van der Waals surface area contributed by atoms with Gasteiger partial charge in [0.15, 0.2) is 5.96 Å². The number of benzene rings is 1. The number of hydrogen-bond acceptors (Lipinski definition) is 4. The summed E-state index contributed by atoms with van der Waals surface area (Å²) in [4.78, 5) is 12.1. The zero-order valence-corrected chi connectivity index (χ0v) is 14.9. The first-order chi connectivity index (χ1) is 11.2. The van der Waals surface area contributed by atoms with Crippen LogP contribution in [0.1, 0.15) is 44.1 Å². The van der Waals surface area contributed by atoms with Gasteiger partial charge in [0.1, 0.15) is 11.4 Å². The molecule has 1 atom stereocenters. The number of fused-ring (bicyclic) bond motifs is 1. The molecule has 1 fully saturated rings. The molecule has 0 radical (unpaired) electrons. The van der Waals surface area contributed by atoms with Crippen molar-refractivity contribution in [3.8, 4) is 0 Å². The fraction of sp³-hybridized carbons (Fsp3) is 0.556. The Balaban J connectivity index is 1.89. The third kappa shape index (κ3) is 2.40. The second kappa shape index (κ2) is 5.93. The van der Waals surface area contributed by atoms with E-state index in [2.05, 4.69) is 45.1 Å². The molecule has 0 bridgehead atoms. The van der Waals surface area contributed by atoms with Gasteiger partial charge in [0.25, 0.3) is 0 Å². The molecule has 5 heteroatoms. The molecule has 0 aromatic heterocycles. The largest absolute Gasteiger partial charge is 0.369 e. The van der Waals surface area contributed by atoms with Gasteiger partial charge in [-0.3, -0.25) is 9.89 Å². The lowest BCUT2D eigenvalue weighted by atomic mass is 9.70. The van der Waals surface area contributed by atoms with E-state index in [0.29, 0.717) is 11.9 Å². The molecule has 122 valence electrons. The first-order valence-electron chi connectivity index (χ1n) is 8.65. The highest BCUT2D eigenvalue weighted by Crippen LogP contribution is 2.47. The average molecular weight is 375 g/mol. The highest BCUT2D eigenvalue weighted by molar-refractivity contribution is 9.10. The number of aliphatic imine (C=N–C) groups is 2. The lowest BCUT2D eigenvalue weighted by Gasteiger charge is -2.40. The van der Waals surface area contributed by atoms with E-state index in [1.807, 2.05) is 0 Å². The van der Waals surface area contributed by atoms with Crippen molar-refractivity contribution in [2.24, 2.45) is 21.6 Å². The van der Waals surface area contributed by atoms with E-state index in [-0.39, 0.29) is 5.54 Å². The highest BCUT2D eigenvalue weighted by Gasteiger charge is 2.52. The van der Waals surface area contributed by atoms with Crippen molar-refractivity contribution in [1.82, 2.24) is 4.90 Å². The van der Waals surface area contributed by atoms with E-state index >= 15 is 0 Å². The van der Waals surface area contributed by atoms with Gasteiger partial charge in [0, 0.05) is 17.6 Å². The molecule has 0 amide bonds. The molecule has 4 rings (SSSR count). The zero-order valence-electron chi connectivity index (χ0n) is 13.3. The molecule has 2 heterocycles. The lowest BCUT2D eigenvalue weighted by molar-refractivity contribution is 0.264. The van der Waals surface area contributed by atoms with Crippen molar-refractivity contribution in [3.63, 3.8) is 0 Å². The van der Waals surface area contributed by atoms with Crippen LogP contribution in [0.4, 0.5) is 0 Å². The molecule has 0 saturated heterocycles. The number of nitrogens with two attached hydrogens (primary N) is 1. The second-order valence-electron chi connectivity index (χ2n) is 6.79. The molecule has 1 aromatic rings. The summed E-state index contributed by atoms with van der Waals surface area (Å²) in [5.41, 5.74) is 7.18. The Labute approximate surface area is 146 Å². The van der Waals surface area contributed by atoms with Crippen LogP contribution in [0.15, 0.2) is 38.7 Å². The predicted octanol–water partition coefficient (Wildman–Crippen LogP) is 3.66. The van der Waals surface area contributed by atoms with E-state index in [9.17, 15) is 0 Å². The Bertz CT molecular complexity index is 663. The van der Waals surface area contributed by atoms with Crippen LogP contribution in [-0.2, 0) is 5.54 Å². The summed E-state index contributed by atoms with van der Waals surface area (Å²) in [7, 11) is 0. The minimum Gasteiger partial charge on any atom is -0.369 e. The summed E-state index contributed by atoms with van der Waals surface area (Å²) in [6, 6.07) is 8.56. The van der Waals surface area contributed by atoms with Gasteiger partial charge in [-0.2, -0.15) is 0 Å². The molecule has 2 N–H and O–H groups in total. The van der Waals surface area contributed by atoms with Gasteiger partial charge in [0.05, 0.1) is 0 Å². The number of hydrogen-bond donors (Lipinski definition) is 1. The number of guanidine groups is 1. The molecule has 3 aliphatic rings. The SMILES string of the molecule is NC1=NC(c2cccc(Br)c2)(C2CCCCC2)C2=NCCCN12. The number of rotatable bonds is 2. The standard InChI is InChI=1S/C18H23BrN4/c19-15-9-4-8-14(12-15)18(13-6-2-1-3-7-13)16-21-10-5-11-23(16)17(20)22-18/h4,8-9,12-13H,1-3,5-7,10-11H2,(H2,20,22). The fourth-order valence-electron chi connectivity index (χ4n) is 4.39. The zero-order chi connectivity index (χ0) is 15.9. The maximum atomic E-state index is 6.33. The van der Waals surface area contributed by atoms with Crippen LogP contribution in [0.2, 0.25) is 0 Å². The maximum Gasteiger partial charge on any atom is 0.198 e. The quantitative estimate of drug-likeness (QED) is 0.858. The van der Waals surface area contributed by atoms with Crippen molar-refractivity contribution >= 4 is 27.7 Å². The van der Waals surface area contributed by atoms with E-state index in [1.54, 1.807) is 0 Å². The van der Waals surface area contributed by atoms with Gasteiger partial charge >= 0.3 is 0 Å². The van der Waals surface area contributed by atoms with E-state index in [4.69, 9.17) is 15.7 Å². The first-order valence-corrected chi connectivity index (χ1v) is 9.45. The summed E-state index contributed by atoms with van der Waals surface area (Å²) in [6.07, 6.45) is 7.36. The predicted molar refractivity (Wildman–Crippen MR) is 97.6 cm³/mol. The van der Waals surface area contributed by atoms with Gasteiger partial charge in [0.2, 0.25) is 0 Å². The van der Waals surface area contributed by atoms with Gasteiger partial charge in [-0.1, -0.05) is 47.3 Å². The van der Waals surface area contributed by atoms with Gasteiger partial charge in [-0.15, -0.1) is 0 Å². The molecule has 1 saturated carbocycles. The smallest absolute Gasteiger partial charge is 0.198 e. The minimum atomic E-state index is -0.380. The Hall–Kier alpha value is -1.36. The van der Waals surface area contributed by atoms with Crippen molar-refractivity contribution in [3.05, 3.63) is 34.3 Å². The fourth-order valence-corrected chi connectivity index (χ4v) is 4.79.